The summed E-state index contributed by atoms with van der Waals surface area (Å²) in [6.45, 7) is 0.316. The van der Waals surface area contributed by atoms with E-state index in [-0.39, 0.29) is 11.3 Å². The molecule has 0 aliphatic carbocycles. The van der Waals surface area contributed by atoms with Crippen molar-refractivity contribution in [2.75, 3.05) is 0 Å². The Balaban J connectivity index is 1.95. The van der Waals surface area contributed by atoms with Gasteiger partial charge in [-0.15, -0.1) is 0 Å². The van der Waals surface area contributed by atoms with E-state index < -0.39 is 0 Å². The minimum atomic E-state index is -0.232. The van der Waals surface area contributed by atoms with Crippen molar-refractivity contribution >= 4 is 23.2 Å². The zero-order chi connectivity index (χ0) is 17.1. The van der Waals surface area contributed by atoms with Gasteiger partial charge >= 0.3 is 0 Å². The number of hydrogen-bond acceptors (Lipinski definition) is 2. The molecule has 3 nitrogen and oxygen atoms in total. The van der Waals surface area contributed by atoms with Gasteiger partial charge in [0.2, 0.25) is 0 Å². The minimum absolute atomic E-state index is 0.00214. The number of rotatable bonds is 4. The summed E-state index contributed by atoms with van der Waals surface area (Å²) in [5, 5.41) is 11.1. The highest BCUT2D eigenvalue weighted by atomic mass is 35.5. The summed E-state index contributed by atoms with van der Waals surface area (Å²) in [7, 11) is 0. The molecule has 1 N–H and O–H groups in total. The Bertz CT molecular complexity index is 920. The van der Waals surface area contributed by atoms with Crippen LogP contribution in [0.25, 0.3) is 0 Å². The predicted octanol–water partition coefficient (Wildman–Crippen LogP) is 4.50. The lowest BCUT2D eigenvalue weighted by atomic mass is 10.1. The van der Waals surface area contributed by atoms with Crippen LogP contribution in [0.2, 0.25) is 10.0 Å². The third-order valence-corrected chi connectivity index (χ3v) is 4.41. The second-order valence-corrected chi connectivity index (χ2v) is 6.35. The lowest BCUT2D eigenvalue weighted by Crippen LogP contribution is -2.24. The van der Waals surface area contributed by atoms with Gasteiger partial charge in [0.25, 0.3) is 5.56 Å². The Morgan fingerprint density at radius 3 is 2.46 bits per heavy atom. The zero-order valence-electron chi connectivity index (χ0n) is 12.7. The molecule has 0 saturated carbocycles. The maximum Gasteiger partial charge on any atom is 0.258 e. The highest BCUT2D eigenvalue weighted by molar-refractivity contribution is 6.35. The molecular weight excluding hydrogens is 345 g/mol. The summed E-state index contributed by atoms with van der Waals surface area (Å²) >= 11 is 12.1. The molecule has 0 spiro atoms. The summed E-state index contributed by atoms with van der Waals surface area (Å²) < 4.78 is 1.53. The molecule has 0 aliphatic heterocycles. The largest absolute Gasteiger partial charge is 0.507 e. The van der Waals surface area contributed by atoms with Gasteiger partial charge in [0.15, 0.2) is 0 Å². The van der Waals surface area contributed by atoms with Crippen molar-refractivity contribution in [2.45, 2.75) is 13.0 Å². The van der Waals surface area contributed by atoms with E-state index in [9.17, 15) is 9.90 Å². The van der Waals surface area contributed by atoms with Gasteiger partial charge in [0.05, 0.1) is 12.1 Å². The van der Waals surface area contributed by atoms with E-state index >= 15 is 0 Å². The van der Waals surface area contributed by atoms with E-state index in [2.05, 4.69) is 0 Å². The van der Waals surface area contributed by atoms with Crippen molar-refractivity contribution in [2.24, 2.45) is 0 Å². The average Bonchev–Trinajstić information content (AvgIpc) is 2.57. The molecule has 0 amide bonds. The van der Waals surface area contributed by atoms with Gasteiger partial charge in [-0.2, -0.15) is 0 Å². The van der Waals surface area contributed by atoms with Crippen molar-refractivity contribution in [3.8, 4) is 5.75 Å². The fourth-order valence-electron chi connectivity index (χ4n) is 2.54. The van der Waals surface area contributed by atoms with Gasteiger partial charge < -0.3 is 9.67 Å². The van der Waals surface area contributed by atoms with Crippen LogP contribution in [0.15, 0.2) is 65.6 Å². The third-order valence-electron chi connectivity index (χ3n) is 3.82. The van der Waals surface area contributed by atoms with Crippen LogP contribution in [0.5, 0.6) is 5.75 Å². The number of aromatic nitrogens is 1. The van der Waals surface area contributed by atoms with Crippen molar-refractivity contribution in [3.63, 3.8) is 0 Å². The normalized spacial score (nSPS) is 10.8. The summed E-state index contributed by atoms with van der Waals surface area (Å²) in [5.74, 6) is 0.00214. The Hall–Kier alpha value is -2.23. The van der Waals surface area contributed by atoms with E-state index in [4.69, 9.17) is 23.2 Å². The van der Waals surface area contributed by atoms with Crippen molar-refractivity contribution in [3.05, 3.63) is 97.9 Å². The van der Waals surface area contributed by atoms with Gasteiger partial charge in [0, 0.05) is 22.7 Å². The molecule has 0 fully saturated rings. The molecule has 3 aromatic rings. The van der Waals surface area contributed by atoms with Gasteiger partial charge in [-0.1, -0.05) is 59.6 Å². The fourth-order valence-corrected chi connectivity index (χ4v) is 3.00. The van der Waals surface area contributed by atoms with E-state index in [1.807, 2.05) is 30.3 Å². The van der Waals surface area contributed by atoms with Crippen LogP contribution < -0.4 is 5.56 Å². The van der Waals surface area contributed by atoms with Crippen LogP contribution in [0, 0.1) is 0 Å². The summed E-state index contributed by atoms with van der Waals surface area (Å²) in [6.07, 6.45) is 1.94. The second kappa shape index (κ2) is 7.12. The molecule has 0 bridgehead atoms. The topological polar surface area (TPSA) is 42.2 Å². The molecule has 0 saturated heterocycles. The van der Waals surface area contributed by atoms with Crippen LogP contribution in [0.4, 0.5) is 0 Å². The Labute approximate surface area is 149 Å². The van der Waals surface area contributed by atoms with Crippen molar-refractivity contribution in [1.82, 2.24) is 4.57 Å². The highest BCUT2D eigenvalue weighted by Gasteiger charge is 2.12. The molecule has 0 atom stereocenters. The molecule has 24 heavy (non-hydrogen) atoms. The highest BCUT2D eigenvalue weighted by Crippen LogP contribution is 2.22. The molecule has 0 radical (unpaired) electrons. The van der Waals surface area contributed by atoms with E-state index in [1.54, 1.807) is 24.4 Å². The van der Waals surface area contributed by atoms with Crippen LogP contribution in [-0.4, -0.2) is 9.67 Å². The van der Waals surface area contributed by atoms with Crippen molar-refractivity contribution in [1.29, 1.82) is 0 Å². The molecule has 3 rings (SSSR count). The maximum absolute atomic E-state index is 12.7. The number of benzene rings is 2. The molecule has 1 heterocycles. The average molecular weight is 360 g/mol. The quantitative estimate of drug-likeness (QED) is 0.744. The van der Waals surface area contributed by atoms with E-state index in [1.165, 1.54) is 10.6 Å². The van der Waals surface area contributed by atoms with Gasteiger partial charge in [0.1, 0.15) is 5.75 Å². The predicted molar refractivity (Wildman–Crippen MR) is 97.2 cm³/mol. The zero-order valence-corrected chi connectivity index (χ0v) is 14.3. The molecular formula is C19H15Cl2NO2. The smallest absolute Gasteiger partial charge is 0.258 e. The molecule has 122 valence electrons. The molecule has 2 aromatic carbocycles. The maximum atomic E-state index is 12.7. The minimum Gasteiger partial charge on any atom is -0.507 e. The summed E-state index contributed by atoms with van der Waals surface area (Å²) in [5.41, 5.74) is 1.89. The lowest BCUT2D eigenvalue weighted by Gasteiger charge is -2.11. The molecule has 1 aromatic heterocycles. The third kappa shape index (κ3) is 3.64. The van der Waals surface area contributed by atoms with Crippen LogP contribution in [0.1, 0.15) is 16.7 Å². The van der Waals surface area contributed by atoms with E-state index in [0.717, 1.165) is 11.1 Å². The molecule has 0 aliphatic rings. The van der Waals surface area contributed by atoms with Gasteiger partial charge in [-0.05, 0) is 29.3 Å². The first-order valence-corrected chi connectivity index (χ1v) is 8.19. The summed E-state index contributed by atoms with van der Waals surface area (Å²) in [4.78, 5) is 12.7. The van der Waals surface area contributed by atoms with Crippen LogP contribution >= 0.6 is 23.2 Å². The van der Waals surface area contributed by atoms with E-state index in [0.29, 0.717) is 28.6 Å². The number of aromatic hydroxyl groups is 1. The number of hydrogen-bond donors (Lipinski definition) is 1. The second-order valence-electron chi connectivity index (χ2n) is 5.51. The van der Waals surface area contributed by atoms with Gasteiger partial charge in [-0.3, -0.25) is 4.79 Å². The first kappa shape index (κ1) is 16.6. The summed E-state index contributed by atoms with van der Waals surface area (Å²) in [6, 6.07) is 16.3. The van der Waals surface area contributed by atoms with Crippen LogP contribution in [-0.2, 0) is 13.0 Å². The number of halogens is 2. The molecule has 0 unspecified atom stereocenters. The standard InChI is InChI=1S/C19H15Cl2NO2/c20-15-7-6-14(17(21)11-15)12-22-9-8-18(23)16(19(22)24)10-13-4-2-1-3-5-13/h1-9,11,23H,10,12H2. The monoisotopic (exact) mass is 359 g/mol. The first-order chi connectivity index (χ1) is 11.5. The molecule has 5 heteroatoms. The number of pyridine rings is 1. The van der Waals surface area contributed by atoms with Gasteiger partial charge in [-0.25, -0.2) is 0 Å². The Morgan fingerprint density at radius 1 is 1.00 bits per heavy atom. The SMILES string of the molecule is O=c1c(Cc2ccccc2)c(O)ccn1Cc1ccc(Cl)cc1Cl. The Kier molecular flexibility index (Phi) is 4.93. The number of nitrogens with zero attached hydrogens (tertiary/aromatic N) is 1. The Morgan fingerprint density at radius 2 is 1.75 bits per heavy atom. The first-order valence-electron chi connectivity index (χ1n) is 7.44. The fraction of sp³-hybridized carbons (Fsp3) is 0.105. The van der Waals surface area contributed by atoms with Crippen molar-refractivity contribution < 1.29 is 5.11 Å². The lowest BCUT2D eigenvalue weighted by molar-refractivity contribution is 0.464. The van der Waals surface area contributed by atoms with Crippen LogP contribution in [0.3, 0.4) is 0 Å².